The molecule has 0 aliphatic rings. The highest BCUT2D eigenvalue weighted by Gasteiger charge is 2.16. The molecule has 1 aromatic carbocycles. The average molecular weight is 278 g/mol. The van der Waals surface area contributed by atoms with Gasteiger partial charge >= 0.3 is 0 Å². The summed E-state index contributed by atoms with van der Waals surface area (Å²) in [6, 6.07) is 5.17. The molecule has 0 amide bonds. The summed E-state index contributed by atoms with van der Waals surface area (Å²) in [6.45, 7) is 0.274. The Bertz CT molecular complexity index is 593. The monoisotopic (exact) mass is 278 g/mol. The van der Waals surface area contributed by atoms with Gasteiger partial charge in [-0.15, -0.1) is 0 Å². The Kier molecular flexibility index (Phi) is 4.26. The zero-order valence-electron chi connectivity index (χ0n) is 9.25. The summed E-state index contributed by atoms with van der Waals surface area (Å²) in [4.78, 5) is -0.123. The summed E-state index contributed by atoms with van der Waals surface area (Å²) in [5, 5.41) is 0. The largest absolute Gasteiger partial charge is 0.329 e. The van der Waals surface area contributed by atoms with E-state index in [1.807, 2.05) is 0 Å². The number of nitrogens with one attached hydrogen (secondary N) is 1. The third-order valence-corrected chi connectivity index (χ3v) is 4.55. The summed E-state index contributed by atoms with van der Waals surface area (Å²) < 4.78 is 48.3. The molecule has 0 radical (unpaired) electrons. The van der Waals surface area contributed by atoms with Crippen molar-refractivity contribution >= 4 is 19.9 Å². The van der Waals surface area contributed by atoms with Crippen LogP contribution in [0.2, 0.25) is 0 Å². The van der Waals surface area contributed by atoms with E-state index in [-0.39, 0.29) is 22.9 Å². The predicted octanol–water partition coefficient (Wildman–Crippen LogP) is -0.673. The number of benzene rings is 1. The van der Waals surface area contributed by atoms with Crippen molar-refractivity contribution in [1.82, 2.24) is 4.72 Å². The number of rotatable bonds is 5. The SMILES string of the molecule is CS(=O)(=O)c1cccc(S(=O)(=O)NCCN)c1. The maximum absolute atomic E-state index is 11.7. The lowest BCUT2D eigenvalue weighted by Crippen LogP contribution is -2.29. The van der Waals surface area contributed by atoms with Crippen LogP contribution in [0.15, 0.2) is 34.1 Å². The van der Waals surface area contributed by atoms with Gasteiger partial charge in [0, 0.05) is 19.3 Å². The molecule has 0 aliphatic carbocycles. The average Bonchev–Trinajstić information content (AvgIpc) is 2.25. The fourth-order valence-corrected chi connectivity index (χ4v) is 2.98. The predicted molar refractivity (Wildman–Crippen MR) is 63.8 cm³/mol. The summed E-state index contributed by atoms with van der Waals surface area (Å²) in [7, 11) is -7.12. The van der Waals surface area contributed by atoms with Crippen LogP contribution in [0.25, 0.3) is 0 Å². The molecule has 0 unspecified atom stereocenters. The van der Waals surface area contributed by atoms with Gasteiger partial charge in [0.15, 0.2) is 9.84 Å². The van der Waals surface area contributed by atoms with Gasteiger partial charge in [0.25, 0.3) is 0 Å². The van der Waals surface area contributed by atoms with Crippen LogP contribution in [0.3, 0.4) is 0 Å². The second kappa shape index (κ2) is 5.13. The molecule has 0 bridgehead atoms. The molecule has 8 heteroatoms. The summed E-state index contributed by atoms with van der Waals surface area (Å²) in [5.74, 6) is 0. The molecule has 17 heavy (non-hydrogen) atoms. The molecule has 0 saturated carbocycles. The molecule has 96 valence electrons. The van der Waals surface area contributed by atoms with E-state index in [2.05, 4.69) is 4.72 Å². The van der Waals surface area contributed by atoms with Gasteiger partial charge in [-0.25, -0.2) is 21.6 Å². The first-order valence-electron chi connectivity index (χ1n) is 4.77. The molecule has 1 aromatic rings. The Hall–Kier alpha value is -0.960. The molecule has 0 atom stereocenters. The van der Waals surface area contributed by atoms with E-state index in [0.717, 1.165) is 12.3 Å². The van der Waals surface area contributed by atoms with Gasteiger partial charge in [-0.3, -0.25) is 0 Å². The first-order valence-corrected chi connectivity index (χ1v) is 8.15. The normalized spacial score (nSPS) is 12.6. The van der Waals surface area contributed by atoms with Crippen LogP contribution in [-0.2, 0) is 19.9 Å². The van der Waals surface area contributed by atoms with Crippen LogP contribution >= 0.6 is 0 Å². The van der Waals surface area contributed by atoms with Crippen molar-refractivity contribution in [2.45, 2.75) is 9.79 Å². The Balaban J connectivity index is 3.17. The van der Waals surface area contributed by atoms with Crippen LogP contribution in [0.1, 0.15) is 0 Å². The molecule has 0 heterocycles. The zero-order valence-corrected chi connectivity index (χ0v) is 10.9. The highest BCUT2D eigenvalue weighted by Crippen LogP contribution is 2.15. The second-order valence-corrected chi connectivity index (χ2v) is 7.22. The van der Waals surface area contributed by atoms with E-state index < -0.39 is 19.9 Å². The fraction of sp³-hybridized carbons (Fsp3) is 0.333. The maximum Gasteiger partial charge on any atom is 0.240 e. The van der Waals surface area contributed by atoms with E-state index >= 15 is 0 Å². The number of nitrogens with two attached hydrogens (primary N) is 1. The number of sulfonamides is 1. The van der Waals surface area contributed by atoms with Crippen molar-refractivity contribution in [1.29, 1.82) is 0 Å². The van der Waals surface area contributed by atoms with Gasteiger partial charge in [0.05, 0.1) is 9.79 Å². The van der Waals surface area contributed by atoms with Crippen molar-refractivity contribution in [2.24, 2.45) is 5.73 Å². The lowest BCUT2D eigenvalue weighted by Gasteiger charge is -2.06. The Morgan fingerprint density at radius 1 is 1.18 bits per heavy atom. The zero-order chi connectivity index (χ0) is 13.1. The summed E-state index contributed by atoms with van der Waals surface area (Å²) >= 11 is 0. The third kappa shape index (κ3) is 3.77. The number of hydrogen-bond acceptors (Lipinski definition) is 5. The summed E-state index contributed by atoms with van der Waals surface area (Å²) in [5.41, 5.74) is 5.19. The lowest BCUT2D eigenvalue weighted by molar-refractivity contribution is 0.582. The minimum absolute atomic E-state index is 0.0341. The van der Waals surface area contributed by atoms with Gasteiger partial charge in [0.2, 0.25) is 10.0 Å². The van der Waals surface area contributed by atoms with Crippen LogP contribution < -0.4 is 10.5 Å². The van der Waals surface area contributed by atoms with Gasteiger partial charge in [0.1, 0.15) is 0 Å². The number of sulfone groups is 1. The highest BCUT2D eigenvalue weighted by molar-refractivity contribution is 7.91. The maximum atomic E-state index is 11.7. The van der Waals surface area contributed by atoms with Gasteiger partial charge < -0.3 is 5.73 Å². The van der Waals surface area contributed by atoms with E-state index in [1.54, 1.807) is 0 Å². The van der Waals surface area contributed by atoms with E-state index in [1.165, 1.54) is 18.2 Å². The van der Waals surface area contributed by atoms with Gasteiger partial charge in [-0.1, -0.05) is 6.07 Å². The molecule has 6 nitrogen and oxygen atoms in total. The highest BCUT2D eigenvalue weighted by atomic mass is 32.2. The minimum Gasteiger partial charge on any atom is -0.329 e. The molecule has 1 rings (SSSR count). The van der Waals surface area contributed by atoms with Crippen molar-refractivity contribution < 1.29 is 16.8 Å². The first kappa shape index (κ1) is 14.1. The molecule has 0 fully saturated rings. The molecule has 0 aliphatic heterocycles. The van der Waals surface area contributed by atoms with Crippen LogP contribution in [-0.4, -0.2) is 36.2 Å². The molecule has 0 aromatic heterocycles. The van der Waals surface area contributed by atoms with E-state index in [4.69, 9.17) is 5.73 Å². The minimum atomic E-state index is -3.70. The quantitative estimate of drug-likeness (QED) is 0.742. The molecule has 0 saturated heterocycles. The van der Waals surface area contributed by atoms with Crippen molar-refractivity contribution in [3.63, 3.8) is 0 Å². The van der Waals surface area contributed by atoms with Gasteiger partial charge in [-0.2, -0.15) is 0 Å². The van der Waals surface area contributed by atoms with E-state index in [0.29, 0.717) is 0 Å². The molecule has 3 N–H and O–H groups in total. The van der Waals surface area contributed by atoms with Crippen molar-refractivity contribution in [2.75, 3.05) is 19.3 Å². The van der Waals surface area contributed by atoms with Crippen molar-refractivity contribution in [3.8, 4) is 0 Å². The van der Waals surface area contributed by atoms with Crippen LogP contribution in [0, 0.1) is 0 Å². The first-order chi connectivity index (χ1) is 7.77. The Labute approximate surface area is 101 Å². The van der Waals surface area contributed by atoms with Crippen LogP contribution in [0.4, 0.5) is 0 Å². The molecular formula is C9H14N2O4S2. The Morgan fingerprint density at radius 3 is 2.29 bits per heavy atom. The van der Waals surface area contributed by atoms with Crippen LogP contribution in [0.5, 0.6) is 0 Å². The lowest BCUT2D eigenvalue weighted by atomic mass is 10.4. The second-order valence-electron chi connectivity index (χ2n) is 3.43. The third-order valence-electron chi connectivity index (χ3n) is 1.98. The van der Waals surface area contributed by atoms with E-state index in [9.17, 15) is 16.8 Å². The fourth-order valence-electron chi connectivity index (χ4n) is 1.15. The molecule has 0 spiro atoms. The Morgan fingerprint density at radius 2 is 1.76 bits per heavy atom. The summed E-state index contributed by atoms with van der Waals surface area (Å²) in [6.07, 6.45) is 1.02. The molecular weight excluding hydrogens is 264 g/mol. The topological polar surface area (TPSA) is 106 Å². The standard InChI is InChI=1S/C9H14N2O4S2/c1-16(12,13)8-3-2-4-9(7-8)17(14,15)11-6-5-10/h2-4,7,11H,5-6,10H2,1H3. The number of hydrogen-bond donors (Lipinski definition) is 2. The smallest absolute Gasteiger partial charge is 0.240 e. The van der Waals surface area contributed by atoms with Gasteiger partial charge in [-0.05, 0) is 18.2 Å². The van der Waals surface area contributed by atoms with Crippen molar-refractivity contribution in [3.05, 3.63) is 24.3 Å².